The van der Waals surface area contributed by atoms with E-state index in [2.05, 4.69) is 20.6 Å². The second-order valence-electron chi connectivity index (χ2n) is 6.73. The van der Waals surface area contributed by atoms with Gasteiger partial charge in [-0.05, 0) is 18.2 Å². The van der Waals surface area contributed by atoms with E-state index in [-0.39, 0.29) is 0 Å². The smallest absolute Gasteiger partial charge is 0.164 e. The van der Waals surface area contributed by atoms with Crippen LogP contribution < -0.4 is 14.8 Å². The van der Waals surface area contributed by atoms with Crippen molar-refractivity contribution in [3.8, 4) is 22.9 Å². The molecule has 9 heteroatoms. The molecule has 0 atom stereocenters. The molecule has 0 aliphatic rings. The first-order chi connectivity index (χ1) is 14.7. The van der Waals surface area contributed by atoms with Gasteiger partial charge in [-0.25, -0.2) is 9.97 Å². The number of rotatable bonds is 5. The molecule has 0 aliphatic carbocycles. The topological polar surface area (TPSA) is 103 Å². The quantitative estimate of drug-likeness (QED) is 0.463. The average molecular weight is 401 g/mol. The van der Waals surface area contributed by atoms with Crippen molar-refractivity contribution in [2.24, 2.45) is 7.05 Å². The van der Waals surface area contributed by atoms with Crippen LogP contribution in [0.25, 0.3) is 33.3 Å². The van der Waals surface area contributed by atoms with Crippen molar-refractivity contribution >= 4 is 33.4 Å². The van der Waals surface area contributed by atoms with Gasteiger partial charge < -0.3 is 14.8 Å². The van der Waals surface area contributed by atoms with Gasteiger partial charge >= 0.3 is 0 Å². The zero-order valence-corrected chi connectivity index (χ0v) is 16.7. The fraction of sp³-hybridized carbons (Fsp3) is 0.143. The predicted octanol–water partition coefficient (Wildman–Crippen LogP) is 3.67. The molecular formula is C21H19N7O2. The third-order valence-corrected chi connectivity index (χ3v) is 4.96. The SMILES string of the molecule is COc1ccc(Nc2nc(-c3cccc4[nH]ncc34)nc3c2cnn3C)cc1OC. The predicted molar refractivity (Wildman–Crippen MR) is 114 cm³/mol. The van der Waals surface area contributed by atoms with Crippen molar-refractivity contribution in [2.45, 2.75) is 0 Å². The molecule has 0 saturated heterocycles. The maximum atomic E-state index is 5.41. The van der Waals surface area contributed by atoms with E-state index in [1.54, 1.807) is 31.3 Å². The molecule has 0 aliphatic heterocycles. The number of aromatic nitrogens is 6. The van der Waals surface area contributed by atoms with Gasteiger partial charge in [0, 0.05) is 29.8 Å². The second-order valence-corrected chi connectivity index (χ2v) is 6.73. The van der Waals surface area contributed by atoms with Crippen LogP contribution >= 0.6 is 0 Å². The van der Waals surface area contributed by atoms with Crippen LogP contribution in [0.5, 0.6) is 11.5 Å². The third kappa shape index (κ3) is 2.87. The van der Waals surface area contributed by atoms with Crippen molar-refractivity contribution in [1.82, 2.24) is 29.9 Å². The third-order valence-electron chi connectivity index (χ3n) is 4.96. The number of aryl methyl sites for hydroxylation is 1. The molecule has 5 rings (SSSR count). The van der Waals surface area contributed by atoms with Gasteiger partial charge in [-0.15, -0.1) is 0 Å². The van der Waals surface area contributed by atoms with E-state index in [9.17, 15) is 0 Å². The number of H-pyrrole nitrogens is 1. The molecule has 0 fully saturated rings. The van der Waals surface area contributed by atoms with E-state index in [0.717, 1.165) is 33.2 Å². The summed E-state index contributed by atoms with van der Waals surface area (Å²) in [6.45, 7) is 0. The molecule has 3 heterocycles. The average Bonchev–Trinajstić information content (AvgIpc) is 3.40. The fourth-order valence-electron chi connectivity index (χ4n) is 3.45. The van der Waals surface area contributed by atoms with Gasteiger partial charge in [-0.3, -0.25) is 9.78 Å². The number of nitrogens with zero attached hydrogens (tertiary/aromatic N) is 5. The number of hydrogen-bond donors (Lipinski definition) is 2. The number of nitrogens with one attached hydrogen (secondary N) is 2. The first kappa shape index (κ1) is 17.9. The number of hydrogen-bond acceptors (Lipinski definition) is 7. The van der Waals surface area contributed by atoms with Gasteiger partial charge in [0.15, 0.2) is 23.0 Å². The molecule has 0 amide bonds. The minimum Gasteiger partial charge on any atom is -0.493 e. The molecule has 3 aromatic heterocycles. The van der Waals surface area contributed by atoms with E-state index in [4.69, 9.17) is 19.4 Å². The minimum atomic E-state index is 0.584. The lowest BCUT2D eigenvalue weighted by Crippen LogP contribution is -2.01. The number of methoxy groups -OCH3 is 2. The Kier molecular flexibility index (Phi) is 4.20. The summed E-state index contributed by atoms with van der Waals surface area (Å²) < 4.78 is 12.5. The summed E-state index contributed by atoms with van der Waals surface area (Å²) in [6.07, 6.45) is 3.53. The van der Waals surface area contributed by atoms with Crippen molar-refractivity contribution in [1.29, 1.82) is 0 Å². The normalized spacial score (nSPS) is 11.2. The van der Waals surface area contributed by atoms with Crippen LogP contribution in [0, 0.1) is 0 Å². The van der Waals surface area contributed by atoms with Crippen LogP contribution in [-0.4, -0.2) is 44.2 Å². The van der Waals surface area contributed by atoms with Crippen LogP contribution in [0.4, 0.5) is 11.5 Å². The maximum absolute atomic E-state index is 5.41. The Morgan fingerprint density at radius 3 is 2.67 bits per heavy atom. The zero-order valence-electron chi connectivity index (χ0n) is 16.7. The Balaban J connectivity index is 1.66. The minimum absolute atomic E-state index is 0.584. The Labute approximate surface area is 171 Å². The Hall–Kier alpha value is -4.14. The van der Waals surface area contributed by atoms with Crippen LogP contribution in [0.2, 0.25) is 0 Å². The van der Waals surface area contributed by atoms with Gasteiger partial charge in [-0.1, -0.05) is 12.1 Å². The number of benzene rings is 2. The van der Waals surface area contributed by atoms with E-state index in [1.165, 1.54) is 0 Å². The summed E-state index contributed by atoms with van der Waals surface area (Å²) in [7, 11) is 5.07. The first-order valence-corrected chi connectivity index (χ1v) is 9.29. The highest BCUT2D eigenvalue weighted by molar-refractivity contribution is 5.95. The summed E-state index contributed by atoms with van der Waals surface area (Å²) in [5.41, 5.74) is 3.35. The van der Waals surface area contributed by atoms with Crippen molar-refractivity contribution < 1.29 is 9.47 Å². The molecule has 2 N–H and O–H groups in total. The Bertz CT molecular complexity index is 1370. The lowest BCUT2D eigenvalue weighted by molar-refractivity contribution is 0.355. The van der Waals surface area contributed by atoms with Gasteiger partial charge in [-0.2, -0.15) is 10.2 Å². The number of ether oxygens (including phenoxy) is 2. The summed E-state index contributed by atoms with van der Waals surface area (Å²) in [6, 6.07) is 11.5. The molecule has 0 spiro atoms. The lowest BCUT2D eigenvalue weighted by Gasteiger charge is -2.12. The second kappa shape index (κ2) is 7.03. The number of anilines is 2. The van der Waals surface area contributed by atoms with Crippen LogP contribution in [0.3, 0.4) is 0 Å². The Morgan fingerprint density at radius 1 is 0.967 bits per heavy atom. The molecular weight excluding hydrogens is 382 g/mol. The largest absolute Gasteiger partial charge is 0.493 e. The van der Waals surface area contributed by atoms with Gasteiger partial charge in [0.1, 0.15) is 5.82 Å². The standard InChI is InChI=1S/C21H19N7O2/c1-28-21-15(11-23-28)20(24-12-7-8-17(29-2)18(9-12)30-3)25-19(26-21)13-5-4-6-16-14(13)10-22-27-16/h4-11H,1-3H3,(H,22,27)(H,24,25,26). The summed E-state index contributed by atoms with van der Waals surface area (Å²) in [5.74, 6) is 2.52. The van der Waals surface area contributed by atoms with Gasteiger partial charge in [0.25, 0.3) is 0 Å². The van der Waals surface area contributed by atoms with Crippen LogP contribution in [0.15, 0.2) is 48.8 Å². The highest BCUT2D eigenvalue weighted by Crippen LogP contribution is 2.33. The van der Waals surface area contributed by atoms with E-state index in [0.29, 0.717) is 23.1 Å². The molecule has 30 heavy (non-hydrogen) atoms. The zero-order chi connectivity index (χ0) is 20.7. The summed E-state index contributed by atoms with van der Waals surface area (Å²) >= 11 is 0. The molecule has 5 aromatic rings. The number of aromatic amines is 1. The lowest BCUT2D eigenvalue weighted by atomic mass is 10.1. The molecule has 0 saturated carbocycles. The maximum Gasteiger partial charge on any atom is 0.164 e. The summed E-state index contributed by atoms with van der Waals surface area (Å²) in [5, 5.41) is 16.6. The van der Waals surface area contributed by atoms with Gasteiger partial charge in [0.05, 0.1) is 37.5 Å². The molecule has 2 aromatic carbocycles. The fourth-order valence-corrected chi connectivity index (χ4v) is 3.45. The molecule has 0 unspecified atom stereocenters. The number of fused-ring (bicyclic) bond motifs is 2. The van der Waals surface area contributed by atoms with E-state index in [1.807, 2.05) is 43.4 Å². The first-order valence-electron chi connectivity index (χ1n) is 9.29. The molecule has 0 bridgehead atoms. The van der Waals surface area contributed by atoms with Crippen LogP contribution in [-0.2, 0) is 7.05 Å². The summed E-state index contributed by atoms with van der Waals surface area (Å²) in [4.78, 5) is 9.58. The van der Waals surface area contributed by atoms with Gasteiger partial charge in [0.2, 0.25) is 0 Å². The molecule has 150 valence electrons. The van der Waals surface area contributed by atoms with Crippen molar-refractivity contribution in [3.63, 3.8) is 0 Å². The van der Waals surface area contributed by atoms with E-state index < -0.39 is 0 Å². The Morgan fingerprint density at radius 2 is 1.83 bits per heavy atom. The monoisotopic (exact) mass is 401 g/mol. The van der Waals surface area contributed by atoms with E-state index >= 15 is 0 Å². The highest BCUT2D eigenvalue weighted by atomic mass is 16.5. The van der Waals surface area contributed by atoms with Crippen LogP contribution in [0.1, 0.15) is 0 Å². The molecule has 9 nitrogen and oxygen atoms in total. The highest BCUT2D eigenvalue weighted by Gasteiger charge is 2.16. The van der Waals surface area contributed by atoms with Crippen molar-refractivity contribution in [2.75, 3.05) is 19.5 Å². The molecule has 0 radical (unpaired) electrons. The van der Waals surface area contributed by atoms with Crippen molar-refractivity contribution in [3.05, 3.63) is 48.8 Å².